The van der Waals surface area contributed by atoms with Crippen LogP contribution in [-0.4, -0.2) is 51.9 Å². The molecular formula is C32H36Cl2F2N6O3. The molecule has 0 saturated carbocycles. The molecule has 4 atom stereocenters. The molecule has 0 spiro atoms. The van der Waals surface area contributed by atoms with E-state index in [0.29, 0.717) is 32.4 Å². The number of amides is 1. The summed E-state index contributed by atoms with van der Waals surface area (Å²) >= 11 is 12.3. The number of carbonyl (C=O) groups excluding carboxylic acids is 1. The van der Waals surface area contributed by atoms with Crippen LogP contribution in [0.1, 0.15) is 57.1 Å². The van der Waals surface area contributed by atoms with Gasteiger partial charge < -0.3 is 15.2 Å². The third-order valence-electron chi connectivity index (χ3n) is 8.50. The maximum atomic E-state index is 15.8. The molecule has 1 aromatic heterocycles. The molecule has 2 saturated heterocycles. The monoisotopic (exact) mass is 660 g/mol. The van der Waals surface area contributed by atoms with Crippen molar-refractivity contribution >= 4 is 35.1 Å². The van der Waals surface area contributed by atoms with Gasteiger partial charge in [0.25, 0.3) is 0 Å². The lowest BCUT2D eigenvalue weighted by atomic mass is 9.63. The number of hydrogen-bond donors (Lipinski definition) is 4. The van der Waals surface area contributed by atoms with Crippen molar-refractivity contribution in [2.45, 2.75) is 75.8 Å². The van der Waals surface area contributed by atoms with Crippen LogP contribution in [0.4, 0.5) is 19.4 Å². The van der Waals surface area contributed by atoms with Gasteiger partial charge in [0, 0.05) is 28.9 Å². The number of ether oxygens (including phenoxy) is 1. The second kappa shape index (κ2) is 12.9. The van der Waals surface area contributed by atoms with Crippen LogP contribution in [0.2, 0.25) is 10.0 Å². The minimum absolute atomic E-state index is 0.0124. The second-order valence-corrected chi connectivity index (χ2v) is 13.9. The third kappa shape index (κ3) is 6.95. The average molecular weight is 662 g/mol. The Kier molecular flexibility index (Phi) is 9.45. The van der Waals surface area contributed by atoms with Crippen LogP contribution >= 0.6 is 23.2 Å². The summed E-state index contributed by atoms with van der Waals surface area (Å²) in [5.41, 5.74) is -3.06. The minimum atomic E-state index is -1.75. The molecule has 13 heteroatoms. The molecule has 2 fully saturated rings. The molecule has 0 bridgehead atoms. The number of carbonyl (C=O) groups is 1. The van der Waals surface area contributed by atoms with Crippen molar-refractivity contribution in [2.24, 2.45) is 5.41 Å². The standard InChI is InChI=1S/C32H36Cl2F2N6O3/c1-30(2,3)16-24-32(17-37,21-8-7-19(33)15-23(21)35)26(20-5-4-6-22(34)27(20)36)28(39-24)45-29(43)40-25-9-14-42(41-25)18-31(44)10-12-38-13-11-31/h4-9,14-15,24,26,28,38-39,44H,10-13,16,18H2,1-3H3,(H,40,41,43)/t24-,26-,28+,32-/m0/s1. The van der Waals surface area contributed by atoms with Gasteiger partial charge in [-0.2, -0.15) is 10.4 Å². The van der Waals surface area contributed by atoms with Crippen LogP contribution < -0.4 is 16.0 Å². The van der Waals surface area contributed by atoms with Gasteiger partial charge in [0.15, 0.2) is 12.0 Å². The van der Waals surface area contributed by atoms with Gasteiger partial charge in [-0.3, -0.25) is 15.3 Å². The second-order valence-electron chi connectivity index (χ2n) is 13.0. The Labute approximate surface area is 270 Å². The predicted molar refractivity (Wildman–Crippen MR) is 167 cm³/mol. The topological polar surface area (TPSA) is 124 Å². The fourth-order valence-electron chi connectivity index (χ4n) is 6.49. The van der Waals surface area contributed by atoms with E-state index in [1.165, 1.54) is 30.3 Å². The number of nitriles is 1. The molecule has 3 heterocycles. The Morgan fingerprint density at radius 2 is 1.96 bits per heavy atom. The van der Waals surface area contributed by atoms with E-state index >= 15 is 8.78 Å². The maximum absolute atomic E-state index is 15.8. The SMILES string of the molecule is CC(C)(C)C[C@@H]1N[C@H](OC(=O)Nc2ccn(CC3(O)CCNCC3)n2)[C@H](c2cccc(Cl)c2F)[C@@]1(C#N)c1ccc(Cl)cc1F. The summed E-state index contributed by atoms with van der Waals surface area (Å²) in [5, 5.41) is 35.1. The number of benzene rings is 2. The Hall–Kier alpha value is -3.27. The first-order valence-electron chi connectivity index (χ1n) is 14.8. The lowest BCUT2D eigenvalue weighted by Crippen LogP contribution is -2.44. The number of aromatic nitrogens is 2. The zero-order chi connectivity index (χ0) is 32.6. The largest absolute Gasteiger partial charge is 0.429 e. The number of nitrogens with one attached hydrogen (secondary N) is 3. The van der Waals surface area contributed by atoms with Crippen molar-refractivity contribution < 1.29 is 23.4 Å². The first kappa shape index (κ1) is 33.1. The van der Waals surface area contributed by atoms with Crippen LogP contribution in [0, 0.1) is 28.4 Å². The number of rotatable bonds is 7. The summed E-state index contributed by atoms with van der Waals surface area (Å²) in [5.74, 6) is -2.60. The van der Waals surface area contributed by atoms with Gasteiger partial charge in [-0.25, -0.2) is 13.6 Å². The van der Waals surface area contributed by atoms with Crippen LogP contribution in [0.3, 0.4) is 0 Å². The third-order valence-corrected chi connectivity index (χ3v) is 9.03. The summed E-state index contributed by atoms with van der Waals surface area (Å²) < 4.78 is 38.9. The highest BCUT2D eigenvalue weighted by Crippen LogP contribution is 2.53. The van der Waals surface area contributed by atoms with E-state index in [-0.39, 0.29) is 38.9 Å². The highest BCUT2D eigenvalue weighted by atomic mass is 35.5. The van der Waals surface area contributed by atoms with Gasteiger partial charge in [0.1, 0.15) is 17.0 Å². The normalized spacial score (nSPS) is 24.6. The average Bonchev–Trinajstić information content (AvgIpc) is 3.50. The zero-order valence-electron chi connectivity index (χ0n) is 25.2. The van der Waals surface area contributed by atoms with Crippen molar-refractivity contribution in [3.05, 3.63) is 81.5 Å². The Balaban J connectivity index is 1.50. The lowest BCUT2D eigenvalue weighted by Gasteiger charge is -2.37. The van der Waals surface area contributed by atoms with E-state index in [1.807, 2.05) is 20.8 Å². The van der Waals surface area contributed by atoms with E-state index in [9.17, 15) is 15.2 Å². The van der Waals surface area contributed by atoms with Gasteiger partial charge in [-0.05, 0) is 61.5 Å². The van der Waals surface area contributed by atoms with E-state index in [4.69, 9.17) is 27.9 Å². The van der Waals surface area contributed by atoms with Crippen molar-refractivity contribution in [3.8, 4) is 6.07 Å². The molecule has 3 aromatic rings. The zero-order valence-corrected chi connectivity index (χ0v) is 26.7. The number of anilines is 1. The van der Waals surface area contributed by atoms with Crippen molar-refractivity contribution in [2.75, 3.05) is 18.4 Å². The molecule has 0 unspecified atom stereocenters. The first-order chi connectivity index (χ1) is 21.2. The summed E-state index contributed by atoms with van der Waals surface area (Å²) in [4.78, 5) is 13.3. The fourth-order valence-corrected chi connectivity index (χ4v) is 6.83. The Morgan fingerprint density at radius 3 is 2.62 bits per heavy atom. The van der Waals surface area contributed by atoms with Crippen LogP contribution in [0.25, 0.3) is 0 Å². The van der Waals surface area contributed by atoms with E-state index in [0.717, 1.165) is 6.07 Å². The summed E-state index contributed by atoms with van der Waals surface area (Å²) in [7, 11) is 0. The first-order valence-corrected chi connectivity index (χ1v) is 15.5. The van der Waals surface area contributed by atoms with Crippen molar-refractivity contribution in [1.82, 2.24) is 20.4 Å². The molecule has 1 amide bonds. The van der Waals surface area contributed by atoms with Gasteiger partial charge in [-0.1, -0.05) is 62.2 Å². The van der Waals surface area contributed by atoms with Crippen LogP contribution in [0.5, 0.6) is 0 Å². The molecule has 0 aliphatic carbocycles. The Morgan fingerprint density at radius 1 is 1.22 bits per heavy atom. The number of hydrogen-bond acceptors (Lipinski definition) is 7. The predicted octanol–water partition coefficient (Wildman–Crippen LogP) is 6.11. The van der Waals surface area contributed by atoms with Crippen molar-refractivity contribution in [1.29, 1.82) is 5.26 Å². The quantitative estimate of drug-likeness (QED) is 0.241. The van der Waals surface area contributed by atoms with E-state index < -0.39 is 46.9 Å². The molecule has 2 aliphatic heterocycles. The molecule has 5 rings (SSSR count). The van der Waals surface area contributed by atoms with Gasteiger partial charge >= 0.3 is 6.09 Å². The highest BCUT2D eigenvalue weighted by molar-refractivity contribution is 6.31. The van der Waals surface area contributed by atoms with Gasteiger partial charge in [-0.15, -0.1) is 0 Å². The molecule has 9 nitrogen and oxygen atoms in total. The van der Waals surface area contributed by atoms with Crippen LogP contribution in [-0.2, 0) is 16.7 Å². The molecular weight excluding hydrogens is 625 g/mol. The summed E-state index contributed by atoms with van der Waals surface area (Å²) in [6.45, 7) is 7.51. The molecule has 45 heavy (non-hydrogen) atoms. The molecule has 240 valence electrons. The van der Waals surface area contributed by atoms with E-state index in [2.05, 4.69) is 27.1 Å². The van der Waals surface area contributed by atoms with Crippen LogP contribution in [0.15, 0.2) is 48.7 Å². The molecule has 2 aromatic carbocycles. The van der Waals surface area contributed by atoms with Gasteiger partial charge in [0.05, 0.1) is 29.2 Å². The lowest BCUT2D eigenvalue weighted by molar-refractivity contribution is -0.00815. The molecule has 0 radical (unpaired) electrons. The number of nitrogens with zero attached hydrogens (tertiary/aromatic N) is 3. The summed E-state index contributed by atoms with van der Waals surface area (Å²) in [6, 6.07) is 11.4. The van der Waals surface area contributed by atoms with Crippen molar-refractivity contribution in [3.63, 3.8) is 0 Å². The molecule has 2 aliphatic rings. The summed E-state index contributed by atoms with van der Waals surface area (Å²) in [6.07, 6.45) is 0.902. The molecule has 4 N–H and O–H groups in total. The van der Waals surface area contributed by atoms with E-state index in [1.54, 1.807) is 16.9 Å². The fraction of sp³-hybridized carbons (Fsp3) is 0.469. The number of aliphatic hydroxyl groups is 1. The Bertz CT molecular complexity index is 1600. The maximum Gasteiger partial charge on any atom is 0.414 e. The minimum Gasteiger partial charge on any atom is -0.429 e. The highest BCUT2D eigenvalue weighted by Gasteiger charge is 2.61. The number of halogens is 4. The smallest absolute Gasteiger partial charge is 0.414 e. The van der Waals surface area contributed by atoms with Gasteiger partial charge in [0.2, 0.25) is 0 Å². The number of piperidine rings is 1.